The first kappa shape index (κ1) is 62.5. The molecule has 2 atom stereocenters. The quantitative estimate of drug-likeness (QED) is 0.0195. The van der Waals surface area contributed by atoms with Gasteiger partial charge in [0.25, 0.3) is 7.82 Å². The largest absolute Gasteiger partial charge is 0.756 e. The van der Waals surface area contributed by atoms with E-state index in [1.165, 1.54) is 173 Å². The Balaban J connectivity index is 4.18. The number of allylic oxidation sites excluding steroid dienone is 4. The van der Waals surface area contributed by atoms with Gasteiger partial charge in [0.2, 0.25) is 0 Å². The maximum absolute atomic E-state index is 12.7. The summed E-state index contributed by atoms with van der Waals surface area (Å²) in [6.07, 6.45) is 53.5. The second kappa shape index (κ2) is 46.6. The van der Waals surface area contributed by atoms with E-state index in [0.29, 0.717) is 17.4 Å². The van der Waals surface area contributed by atoms with Gasteiger partial charge in [0, 0.05) is 12.8 Å². The van der Waals surface area contributed by atoms with Gasteiger partial charge in [-0.15, -0.1) is 0 Å². The molecule has 0 heterocycles. The van der Waals surface area contributed by atoms with E-state index in [0.717, 1.165) is 51.4 Å². The van der Waals surface area contributed by atoms with Gasteiger partial charge in [0.15, 0.2) is 6.10 Å². The van der Waals surface area contributed by atoms with Crippen LogP contribution in [0.15, 0.2) is 24.3 Å². The van der Waals surface area contributed by atoms with Crippen molar-refractivity contribution in [2.75, 3.05) is 47.5 Å². The summed E-state index contributed by atoms with van der Waals surface area (Å²) in [5, 5.41) is 0. The fourth-order valence-electron chi connectivity index (χ4n) is 7.75. The molecule has 0 N–H and O–H groups in total. The molecule has 64 heavy (non-hydrogen) atoms. The van der Waals surface area contributed by atoms with Crippen molar-refractivity contribution >= 4 is 19.8 Å². The van der Waals surface area contributed by atoms with E-state index in [9.17, 15) is 19.0 Å². The predicted molar refractivity (Wildman–Crippen MR) is 268 cm³/mol. The number of carbonyl (C=O) groups is 2. The zero-order valence-corrected chi connectivity index (χ0v) is 43.6. The third kappa shape index (κ3) is 49.9. The Morgan fingerprint density at radius 1 is 0.484 bits per heavy atom. The summed E-state index contributed by atoms with van der Waals surface area (Å²) in [4.78, 5) is 37.8. The van der Waals surface area contributed by atoms with Gasteiger partial charge >= 0.3 is 11.9 Å². The SMILES string of the molecule is CCCCCC/C=C\C/C=C\CCCCCCCCCC(=O)OC(COC(=O)CCCCCCCCCCCCCCCCCCCCCCCC)COP(=O)([O-])OCC[N+](C)(C)C. The number of nitrogens with zero attached hydrogens (tertiary/aromatic N) is 1. The van der Waals surface area contributed by atoms with Gasteiger partial charge in [-0.3, -0.25) is 14.2 Å². The van der Waals surface area contributed by atoms with Crippen LogP contribution in [0, 0.1) is 0 Å². The molecule has 10 heteroatoms. The van der Waals surface area contributed by atoms with Crippen LogP contribution in [-0.2, 0) is 32.7 Å². The lowest BCUT2D eigenvalue weighted by Crippen LogP contribution is -2.37. The van der Waals surface area contributed by atoms with E-state index < -0.39 is 26.5 Å². The molecular weight excluding hydrogens is 822 g/mol. The molecule has 0 aliphatic rings. The predicted octanol–water partition coefficient (Wildman–Crippen LogP) is 15.6. The van der Waals surface area contributed by atoms with Crippen molar-refractivity contribution in [1.29, 1.82) is 0 Å². The molecule has 0 radical (unpaired) electrons. The molecule has 0 rings (SSSR count). The fraction of sp³-hybridized carbons (Fsp3) is 0.889. The maximum Gasteiger partial charge on any atom is 0.306 e. The van der Waals surface area contributed by atoms with Crippen LogP contribution in [0.25, 0.3) is 0 Å². The first-order valence-electron chi connectivity index (χ1n) is 27.0. The number of phosphoric ester groups is 1. The molecule has 0 bridgehead atoms. The Kier molecular flexibility index (Phi) is 45.5. The standard InChI is InChI=1S/C54H104NO8P/c1-6-8-10-12-14-16-18-20-22-24-26-27-28-29-31-32-34-36-38-40-42-44-46-53(56)60-50-52(51-62-64(58,59)61-49-48-55(3,4)5)63-54(57)47-45-43-41-39-37-35-33-30-25-23-21-19-17-15-13-11-9-7-2/h17,19,23,25,52H,6-16,18,20-22,24,26-51H2,1-5H3/b19-17-,25-23-. The minimum Gasteiger partial charge on any atom is -0.756 e. The number of hydrogen-bond donors (Lipinski definition) is 0. The molecule has 0 spiro atoms. The molecule has 0 aliphatic heterocycles. The van der Waals surface area contributed by atoms with E-state index in [2.05, 4.69) is 38.2 Å². The second-order valence-electron chi connectivity index (χ2n) is 19.6. The van der Waals surface area contributed by atoms with E-state index in [4.69, 9.17) is 18.5 Å². The molecule has 0 amide bonds. The smallest absolute Gasteiger partial charge is 0.306 e. The Morgan fingerprint density at radius 3 is 1.25 bits per heavy atom. The van der Waals surface area contributed by atoms with Gasteiger partial charge in [-0.2, -0.15) is 0 Å². The monoisotopic (exact) mass is 926 g/mol. The number of esters is 2. The molecule has 0 saturated carbocycles. The minimum atomic E-state index is -4.63. The summed E-state index contributed by atoms with van der Waals surface area (Å²) in [7, 11) is 1.17. The normalized spacial score (nSPS) is 13.5. The molecule has 378 valence electrons. The average molecular weight is 926 g/mol. The second-order valence-corrected chi connectivity index (χ2v) is 21.0. The van der Waals surface area contributed by atoms with Crippen molar-refractivity contribution in [2.45, 2.75) is 264 Å². The van der Waals surface area contributed by atoms with Crippen molar-refractivity contribution in [3.63, 3.8) is 0 Å². The minimum absolute atomic E-state index is 0.0303. The lowest BCUT2D eigenvalue weighted by molar-refractivity contribution is -0.870. The average Bonchev–Trinajstić information content (AvgIpc) is 3.25. The highest BCUT2D eigenvalue weighted by Crippen LogP contribution is 2.38. The van der Waals surface area contributed by atoms with Crippen molar-refractivity contribution in [1.82, 2.24) is 0 Å². The Morgan fingerprint density at radius 2 is 0.844 bits per heavy atom. The maximum atomic E-state index is 12.7. The van der Waals surface area contributed by atoms with Gasteiger partial charge in [-0.1, -0.05) is 224 Å². The molecule has 9 nitrogen and oxygen atoms in total. The van der Waals surface area contributed by atoms with Crippen LogP contribution in [0.3, 0.4) is 0 Å². The first-order valence-corrected chi connectivity index (χ1v) is 28.5. The zero-order chi connectivity index (χ0) is 47.1. The fourth-order valence-corrected chi connectivity index (χ4v) is 8.48. The molecule has 0 aliphatic carbocycles. The van der Waals surface area contributed by atoms with Crippen molar-refractivity contribution in [2.24, 2.45) is 0 Å². The van der Waals surface area contributed by atoms with Gasteiger partial charge in [0.1, 0.15) is 19.8 Å². The third-order valence-corrected chi connectivity index (χ3v) is 12.9. The summed E-state index contributed by atoms with van der Waals surface area (Å²) in [5.74, 6) is -0.829. The zero-order valence-electron chi connectivity index (χ0n) is 42.7. The van der Waals surface area contributed by atoms with Crippen LogP contribution in [0.4, 0.5) is 0 Å². The summed E-state index contributed by atoms with van der Waals surface area (Å²) in [6.45, 7) is 4.25. The summed E-state index contributed by atoms with van der Waals surface area (Å²) < 4.78 is 34.1. The van der Waals surface area contributed by atoms with E-state index in [-0.39, 0.29) is 32.0 Å². The third-order valence-electron chi connectivity index (χ3n) is 12.0. The molecule has 0 saturated heterocycles. The van der Waals surface area contributed by atoms with Crippen LogP contribution >= 0.6 is 7.82 Å². The number of carbonyl (C=O) groups excluding carboxylic acids is 2. The summed E-state index contributed by atoms with van der Waals surface area (Å²) in [5.41, 5.74) is 0. The van der Waals surface area contributed by atoms with Gasteiger partial charge in [-0.05, 0) is 44.9 Å². The van der Waals surface area contributed by atoms with Crippen molar-refractivity contribution in [3.05, 3.63) is 24.3 Å². The highest BCUT2D eigenvalue weighted by Gasteiger charge is 2.21. The summed E-state index contributed by atoms with van der Waals surface area (Å²) in [6, 6.07) is 0. The van der Waals surface area contributed by atoms with Crippen LogP contribution in [0.2, 0.25) is 0 Å². The van der Waals surface area contributed by atoms with Crippen molar-refractivity contribution in [3.8, 4) is 0 Å². The van der Waals surface area contributed by atoms with Crippen LogP contribution in [0.1, 0.15) is 258 Å². The van der Waals surface area contributed by atoms with Gasteiger partial charge in [-0.25, -0.2) is 0 Å². The number of quaternary nitrogens is 1. The van der Waals surface area contributed by atoms with Crippen LogP contribution < -0.4 is 4.89 Å². The van der Waals surface area contributed by atoms with Crippen LogP contribution in [0.5, 0.6) is 0 Å². The molecule has 0 aromatic carbocycles. The Labute approximate surface area is 396 Å². The van der Waals surface area contributed by atoms with Crippen molar-refractivity contribution < 1.29 is 42.1 Å². The summed E-state index contributed by atoms with van der Waals surface area (Å²) >= 11 is 0. The Bertz CT molecular complexity index is 1140. The number of hydrogen-bond acceptors (Lipinski definition) is 8. The van der Waals surface area contributed by atoms with Crippen LogP contribution in [-0.4, -0.2) is 70.0 Å². The number of likely N-dealkylation sites (N-methyl/N-ethyl adjacent to an activating group) is 1. The van der Waals surface area contributed by atoms with E-state index in [1.807, 2.05) is 21.1 Å². The number of phosphoric acid groups is 1. The highest BCUT2D eigenvalue weighted by atomic mass is 31.2. The van der Waals surface area contributed by atoms with Gasteiger partial charge < -0.3 is 27.9 Å². The first-order chi connectivity index (χ1) is 31.0. The molecule has 2 unspecified atom stereocenters. The number of unbranched alkanes of at least 4 members (excludes halogenated alkanes) is 32. The molecular formula is C54H104NO8P. The highest BCUT2D eigenvalue weighted by molar-refractivity contribution is 7.45. The molecule has 0 aromatic rings. The number of rotatable bonds is 50. The lowest BCUT2D eigenvalue weighted by Gasteiger charge is -2.28. The van der Waals surface area contributed by atoms with Gasteiger partial charge in [0.05, 0.1) is 27.7 Å². The molecule has 0 fully saturated rings. The lowest BCUT2D eigenvalue weighted by atomic mass is 10.0. The van der Waals surface area contributed by atoms with E-state index in [1.54, 1.807) is 0 Å². The molecule has 0 aromatic heterocycles. The van der Waals surface area contributed by atoms with E-state index >= 15 is 0 Å². The Hall–Kier alpha value is -1.51. The number of ether oxygens (including phenoxy) is 2. The topological polar surface area (TPSA) is 111 Å².